The van der Waals surface area contributed by atoms with E-state index in [2.05, 4.69) is 20.9 Å². The first-order valence-corrected chi connectivity index (χ1v) is 6.09. The van der Waals surface area contributed by atoms with E-state index < -0.39 is 4.92 Å². The monoisotopic (exact) mass is 301 g/mol. The number of ether oxygens (including phenoxy) is 1. The lowest BCUT2D eigenvalue weighted by molar-refractivity contribution is -0.386. The van der Waals surface area contributed by atoms with Crippen LogP contribution in [0.3, 0.4) is 0 Å². The van der Waals surface area contributed by atoms with E-state index in [1.54, 1.807) is 0 Å². The predicted molar refractivity (Wildman–Crippen MR) is 64.8 cm³/mol. The maximum Gasteiger partial charge on any atom is 0.332 e. The number of hydrogen-bond donors (Lipinski definition) is 1. The third-order valence-electron chi connectivity index (χ3n) is 2.76. The molecule has 0 saturated heterocycles. The summed E-state index contributed by atoms with van der Waals surface area (Å²) in [6, 6.07) is 1.31. The number of nitro groups is 1. The summed E-state index contributed by atoms with van der Waals surface area (Å²) in [5.41, 5.74) is 5.71. The maximum atomic E-state index is 10.9. The summed E-state index contributed by atoms with van der Waals surface area (Å²) in [6.07, 6.45) is 3.98. The molecule has 0 spiro atoms. The van der Waals surface area contributed by atoms with Crippen molar-refractivity contribution in [2.24, 2.45) is 5.73 Å². The summed E-state index contributed by atoms with van der Waals surface area (Å²) >= 11 is 3.14. The third-order valence-corrected chi connectivity index (χ3v) is 3.20. The zero-order valence-electron chi connectivity index (χ0n) is 9.01. The standard InChI is InChI=1S/C10H12BrN3O3/c11-6-4-8(14(15)16)10(13-5-6)17-9-3-1-2-7(9)12/h4-5,7,9H,1-3,12H2. The summed E-state index contributed by atoms with van der Waals surface area (Å²) in [6.45, 7) is 0. The van der Waals surface area contributed by atoms with E-state index in [0.717, 1.165) is 19.3 Å². The lowest BCUT2D eigenvalue weighted by Gasteiger charge is -2.16. The predicted octanol–water partition coefficient (Wildman–Crippen LogP) is 2.01. The maximum absolute atomic E-state index is 10.9. The van der Waals surface area contributed by atoms with Crippen LogP contribution in [-0.4, -0.2) is 22.1 Å². The average Bonchev–Trinajstić information content (AvgIpc) is 2.67. The SMILES string of the molecule is NC1CCCC1Oc1ncc(Br)cc1[N+](=O)[O-]. The second-order valence-electron chi connectivity index (χ2n) is 3.99. The first-order valence-electron chi connectivity index (χ1n) is 5.30. The van der Waals surface area contributed by atoms with Crippen molar-refractivity contribution in [3.8, 4) is 5.88 Å². The van der Waals surface area contributed by atoms with Gasteiger partial charge in [-0.3, -0.25) is 10.1 Å². The minimum absolute atomic E-state index is 0.0422. The first kappa shape index (κ1) is 12.3. The minimum atomic E-state index is -0.506. The van der Waals surface area contributed by atoms with Gasteiger partial charge in [-0.15, -0.1) is 0 Å². The lowest BCUT2D eigenvalue weighted by Crippen LogP contribution is -2.34. The van der Waals surface area contributed by atoms with Crippen LogP contribution in [0.1, 0.15) is 19.3 Å². The molecular formula is C10H12BrN3O3. The highest BCUT2D eigenvalue weighted by molar-refractivity contribution is 9.10. The quantitative estimate of drug-likeness (QED) is 0.681. The molecule has 1 heterocycles. The van der Waals surface area contributed by atoms with E-state index >= 15 is 0 Å². The van der Waals surface area contributed by atoms with Crippen LogP contribution in [0, 0.1) is 10.1 Å². The number of halogens is 1. The van der Waals surface area contributed by atoms with Crippen LogP contribution in [0.5, 0.6) is 5.88 Å². The van der Waals surface area contributed by atoms with Crippen molar-refractivity contribution in [3.05, 3.63) is 26.9 Å². The van der Waals surface area contributed by atoms with Crippen molar-refractivity contribution in [1.82, 2.24) is 4.98 Å². The molecule has 1 fully saturated rings. The fraction of sp³-hybridized carbons (Fsp3) is 0.500. The molecule has 0 radical (unpaired) electrons. The average molecular weight is 302 g/mol. The van der Waals surface area contributed by atoms with E-state index in [-0.39, 0.29) is 23.7 Å². The Morgan fingerprint density at radius 3 is 2.94 bits per heavy atom. The molecule has 0 aliphatic heterocycles. The molecular weight excluding hydrogens is 290 g/mol. The number of nitrogens with zero attached hydrogens (tertiary/aromatic N) is 2. The molecule has 2 atom stereocenters. The Bertz CT molecular complexity index is 441. The van der Waals surface area contributed by atoms with Gasteiger partial charge in [0.1, 0.15) is 6.10 Å². The van der Waals surface area contributed by atoms with Gasteiger partial charge in [0.05, 0.1) is 4.92 Å². The van der Waals surface area contributed by atoms with Gasteiger partial charge in [-0.25, -0.2) is 4.98 Å². The fourth-order valence-electron chi connectivity index (χ4n) is 1.88. The molecule has 2 unspecified atom stereocenters. The van der Waals surface area contributed by atoms with Gasteiger partial charge in [0.15, 0.2) is 0 Å². The molecule has 2 N–H and O–H groups in total. The van der Waals surface area contributed by atoms with Crippen LogP contribution in [0.15, 0.2) is 16.7 Å². The van der Waals surface area contributed by atoms with Crippen molar-refractivity contribution >= 4 is 21.6 Å². The van der Waals surface area contributed by atoms with E-state index in [0.29, 0.717) is 4.47 Å². The van der Waals surface area contributed by atoms with Gasteiger partial charge in [0.2, 0.25) is 0 Å². The highest BCUT2D eigenvalue weighted by Crippen LogP contribution is 2.30. The third kappa shape index (κ3) is 2.73. The molecule has 1 aromatic heterocycles. The van der Waals surface area contributed by atoms with E-state index in [1.165, 1.54) is 12.3 Å². The Morgan fingerprint density at radius 2 is 2.35 bits per heavy atom. The summed E-state index contributed by atoms with van der Waals surface area (Å²) in [4.78, 5) is 14.3. The molecule has 1 aliphatic carbocycles. The summed E-state index contributed by atoms with van der Waals surface area (Å²) in [5, 5.41) is 10.9. The molecule has 92 valence electrons. The molecule has 0 bridgehead atoms. The molecule has 0 aromatic carbocycles. The number of aromatic nitrogens is 1. The molecule has 7 heteroatoms. The van der Waals surface area contributed by atoms with Crippen LogP contribution in [0.25, 0.3) is 0 Å². The van der Waals surface area contributed by atoms with Crippen molar-refractivity contribution < 1.29 is 9.66 Å². The zero-order chi connectivity index (χ0) is 12.4. The minimum Gasteiger partial charge on any atom is -0.468 e. The zero-order valence-corrected chi connectivity index (χ0v) is 10.6. The Balaban J connectivity index is 2.22. The number of rotatable bonds is 3. The van der Waals surface area contributed by atoms with Gasteiger partial charge >= 0.3 is 5.69 Å². The number of pyridine rings is 1. The fourth-order valence-corrected chi connectivity index (χ4v) is 2.20. The molecule has 2 rings (SSSR count). The Morgan fingerprint density at radius 1 is 1.59 bits per heavy atom. The van der Waals surface area contributed by atoms with Crippen LogP contribution in [-0.2, 0) is 0 Å². The highest BCUT2D eigenvalue weighted by atomic mass is 79.9. The van der Waals surface area contributed by atoms with Crippen LogP contribution in [0.4, 0.5) is 5.69 Å². The van der Waals surface area contributed by atoms with Crippen LogP contribution >= 0.6 is 15.9 Å². The van der Waals surface area contributed by atoms with Crippen molar-refractivity contribution in [3.63, 3.8) is 0 Å². The van der Waals surface area contributed by atoms with Crippen molar-refractivity contribution in [2.45, 2.75) is 31.4 Å². The summed E-state index contributed by atoms with van der Waals surface area (Å²) < 4.78 is 6.08. The molecule has 6 nitrogen and oxygen atoms in total. The number of hydrogen-bond acceptors (Lipinski definition) is 5. The van der Waals surface area contributed by atoms with Crippen molar-refractivity contribution in [1.29, 1.82) is 0 Å². The molecule has 1 saturated carbocycles. The molecule has 17 heavy (non-hydrogen) atoms. The highest BCUT2D eigenvalue weighted by Gasteiger charge is 2.29. The van der Waals surface area contributed by atoms with Gasteiger partial charge in [-0.05, 0) is 35.2 Å². The number of nitrogens with two attached hydrogens (primary N) is 1. The van der Waals surface area contributed by atoms with Gasteiger partial charge in [-0.2, -0.15) is 0 Å². The van der Waals surface area contributed by atoms with E-state index in [9.17, 15) is 10.1 Å². The van der Waals surface area contributed by atoms with Crippen LogP contribution in [0.2, 0.25) is 0 Å². The van der Waals surface area contributed by atoms with Gasteiger partial charge in [0, 0.05) is 22.8 Å². The smallest absolute Gasteiger partial charge is 0.332 e. The molecule has 0 amide bonds. The Kier molecular flexibility index (Phi) is 3.58. The van der Waals surface area contributed by atoms with Gasteiger partial charge < -0.3 is 10.5 Å². The van der Waals surface area contributed by atoms with Gasteiger partial charge in [0.25, 0.3) is 5.88 Å². The second-order valence-corrected chi connectivity index (χ2v) is 4.90. The Labute approximate surface area is 106 Å². The Hall–Kier alpha value is -1.21. The molecule has 1 aliphatic rings. The van der Waals surface area contributed by atoms with Crippen LogP contribution < -0.4 is 10.5 Å². The second kappa shape index (κ2) is 4.97. The topological polar surface area (TPSA) is 91.3 Å². The largest absolute Gasteiger partial charge is 0.468 e. The summed E-state index contributed by atoms with van der Waals surface area (Å²) in [7, 11) is 0. The normalized spacial score (nSPS) is 23.6. The molecule has 1 aromatic rings. The lowest BCUT2D eigenvalue weighted by atomic mass is 10.2. The van der Waals surface area contributed by atoms with Crippen molar-refractivity contribution in [2.75, 3.05) is 0 Å². The summed E-state index contributed by atoms with van der Waals surface area (Å²) in [5.74, 6) is 0.0422. The first-order chi connectivity index (χ1) is 8.08. The van der Waals surface area contributed by atoms with E-state index in [4.69, 9.17) is 10.5 Å². The van der Waals surface area contributed by atoms with Gasteiger partial charge in [-0.1, -0.05) is 0 Å². The van der Waals surface area contributed by atoms with E-state index in [1.807, 2.05) is 0 Å².